The molecule has 4 unspecified atom stereocenters. The molecule has 5 rings (SSSR count). The number of H-pyrrole nitrogens is 1. The van der Waals surface area contributed by atoms with Gasteiger partial charge in [-0.05, 0) is 50.0 Å². The van der Waals surface area contributed by atoms with E-state index in [2.05, 4.69) is 33.4 Å². The van der Waals surface area contributed by atoms with Crippen molar-refractivity contribution in [3.63, 3.8) is 0 Å². The molecule has 5 heteroatoms. The number of aryl methyl sites for hydroxylation is 1. The zero-order chi connectivity index (χ0) is 15.4. The van der Waals surface area contributed by atoms with Gasteiger partial charge in [-0.15, -0.1) is 0 Å². The van der Waals surface area contributed by atoms with Crippen LogP contribution in [0.4, 0.5) is 5.82 Å². The molecule has 0 aromatic carbocycles. The molecular weight excluding hydrogens is 288 g/mol. The number of hydrogen-bond donors (Lipinski definition) is 2. The third kappa shape index (κ3) is 1.83. The van der Waals surface area contributed by atoms with E-state index in [-0.39, 0.29) is 5.60 Å². The quantitative estimate of drug-likeness (QED) is 0.913. The van der Waals surface area contributed by atoms with Crippen molar-refractivity contribution in [3.8, 4) is 0 Å². The van der Waals surface area contributed by atoms with Crippen molar-refractivity contribution >= 4 is 16.9 Å². The first kappa shape index (κ1) is 13.8. The lowest BCUT2D eigenvalue weighted by molar-refractivity contribution is -0.160. The van der Waals surface area contributed by atoms with Crippen LogP contribution in [-0.4, -0.2) is 33.2 Å². The van der Waals surface area contributed by atoms with Gasteiger partial charge >= 0.3 is 0 Å². The van der Waals surface area contributed by atoms with Gasteiger partial charge in [0, 0.05) is 24.8 Å². The SMILES string of the molecule is CCc1c[nH]c2ncnc(NC3CCCC45OCCC4CC35)c12. The van der Waals surface area contributed by atoms with E-state index in [9.17, 15) is 0 Å². The van der Waals surface area contributed by atoms with Crippen LogP contribution in [0.5, 0.6) is 0 Å². The Morgan fingerprint density at radius 1 is 1.39 bits per heavy atom. The number of aromatic nitrogens is 3. The Bertz CT molecular complexity index is 742. The van der Waals surface area contributed by atoms with Gasteiger partial charge in [-0.1, -0.05) is 6.92 Å². The predicted molar refractivity (Wildman–Crippen MR) is 89.4 cm³/mol. The highest BCUT2D eigenvalue weighted by Crippen LogP contribution is 2.59. The highest BCUT2D eigenvalue weighted by molar-refractivity contribution is 5.90. The topological polar surface area (TPSA) is 62.8 Å². The molecule has 3 fully saturated rings. The fourth-order valence-electron chi connectivity index (χ4n) is 5.36. The van der Waals surface area contributed by atoms with Crippen LogP contribution in [0.3, 0.4) is 0 Å². The molecule has 1 spiro atoms. The number of anilines is 1. The largest absolute Gasteiger partial charge is 0.374 e. The summed E-state index contributed by atoms with van der Waals surface area (Å²) < 4.78 is 6.25. The van der Waals surface area contributed by atoms with Crippen LogP contribution in [0, 0.1) is 11.8 Å². The summed E-state index contributed by atoms with van der Waals surface area (Å²) >= 11 is 0. The highest BCUT2D eigenvalue weighted by atomic mass is 16.5. The summed E-state index contributed by atoms with van der Waals surface area (Å²) in [6, 6.07) is 0.482. The van der Waals surface area contributed by atoms with E-state index in [0.29, 0.717) is 12.0 Å². The molecule has 2 N–H and O–H groups in total. The molecule has 2 aromatic heterocycles. The van der Waals surface area contributed by atoms with Gasteiger partial charge in [0.15, 0.2) is 0 Å². The molecule has 5 nitrogen and oxygen atoms in total. The molecule has 122 valence electrons. The zero-order valence-electron chi connectivity index (χ0n) is 13.6. The molecule has 0 bridgehead atoms. The minimum atomic E-state index is 0.188. The van der Waals surface area contributed by atoms with E-state index in [1.54, 1.807) is 6.33 Å². The first-order valence-corrected chi connectivity index (χ1v) is 9.03. The molecule has 2 saturated carbocycles. The number of nitrogens with one attached hydrogen (secondary N) is 2. The van der Waals surface area contributed by atoms with Crippen LogP contribution >= 0.6 is 0 Å². The number of hydrogen-bond acceptors (Lipinski definition) is 4. The maximum absolute atomic E-state index is 6.25. The molecule has 3 heterocycles. The normalized spacial score (nSPS) is 35.6. The van der Waals surface area contributed by atoms with Crippen LogP contribution in [0.25, 0.3) is 11.0 Å². The molecule has 1 saturated heterocycles. The van der Waals surface area contributed by atoms with Gasteiger partial charge in [0.25, 0.3) is 0 Å². The number of fused-ring (bicyclic) bond motifs is 1. The molecule has 1 aliphatic heterocycles. The molecule has 4 atom stereocenters. The fourth-order valence-corrected chi connectivity index (χ4v) is 5.36. The van der Waals surface area contributed by atoms with E-state index in [0.717, 1.165) is 35.8 Å². The molecule has 0 amide bonds. The summed E-state index contributed by atoms with van der Waals surface area (Å²) in [5.41, 5.74) is 2.42. The number of rotatable bonds is 3. The second-order valence-electron chi connectivity index (χ2n) is 7.39. The van der Waals surface area contributed by atoms with Crippen LogP contribution in [0.15, 0.2) is 12.5 Å². The van der Waals surface area contributed by atoms with E-state index in [1.165, 1.54) is 37.7 Å². The molecule has 3 aliphatic rings. The number of aromatic amines is 1. The van der Waals surface area contributed by atoms with Crippen LogP contribution in [0.2, 0.25) is 0 Å². The van der Waals surface area contributed by atoms with Gasteiger partial charge < -0.3 is 15.0 Å². The summed E-state index contributed by atoms with van der Waals surface area (Å²) in [4.78, 5) is 12.2. The van der Waals surface area contributed by atoms with Crippen molar-refractivity contribution in [2.24, 2.45) is 11.8 Å². The average molecular weight is 312 g/mol. The van der Waals surface area contributed by atoms with Gasteiger partial charge in [0.05, 0.1) is 11.0 Å². The van der Waals surface area contributed by atoms with E-state index in [4.69, 9.17) is 4.74 Å². The molecule has 2 aliphatic carbocycles. The maximum Gasteiger partial charge on any atom is 0.143 e. The van der Waals surface area contributed by atoms with Crippen molar-refractivity contribution in [1.82, 2.24) is 15.0 Å². The molecule has 23 heavy (non-hydrogen) atoms. The molecule has 2 aromatic rings. The number of ether oxygens (including phenoxy) is 1. The van der Waals surface area contributed by atoms with Crippen molar-refractivity contribution in [2.45, 2.75) is 57.1 Å². The van der Waals surface area contributed by atoms with Crippen molar-refractivity contribution in [2.75, 3.05) is 11.9 Å². The Hall–Kier alpha value is -1.62. The fraction of sp³-hybridized carbons (Fsp3) is 0.667. The predicted octanol–water partition coefficient (Wildman–Crippen LogP) is 3.28. The third-order valence-corrected chi connectivity index (χ3v) is 6.52. The summed E-state index contributed by atoms with van der Waals surface area (Å²) in [6.45, 7) is 3.14. The first-order valence-electron chi connectivity index (χ1n) is 9.03. The Balaban J connectivity index is 1.47. The zero-order valence-corrected chi connectivity index (χ0v) is 13.6. The Morgan fingerprint density at radius 3 is 3.22 bits per heavy atom. The van der Waals surface area contributed by atoms with E-state index in [1.807, 2.05) is 0 Å². The Labute approximate surface area is 136 Å². The van der Waals surface area contributed by atoms with Crippen LogP contribution in [-0.2, 0) is 11.2 Å². The second-order valence-corrected chi connectivity index (χ2v) is 7.39. The molecular formula is C18H24N4O. The lowest BCUT2D eigenvalue weighted by atomic mass is 9.53. The first-order chi connectivity index (χ1) is 11.3. The lowest BCUT2D eigenvalue weighted by Gasteiger charge is -2.57. The van der Waals surface area contributed by atoms with Gasteiger partial charge in [-0.3, -0.25) is 0 Å². The summed E-state index contributed by atoms with van der Waals surface area (Å²) in [6.07, 6.45) is 11.0. The lowest BCUT2D eigenvalue weighted by Crippen LogP contribution is -2.61. The van der Waals surface area contributed by atoms with E-state index >= 15 is 0 Å². The number of nitrogens with zero attached hydrogens (tertiary/aromatic N) is 2. The van der Waals surface area contributed by atoms with E-state index < -0.39 is 0 Å². The van der Waals surface area contributed by atoms with Gasteiger partial charge in [0.1, 0.15) is 17.8 Å². The monoisotopic (exact) mass is 312 g/mol. The Kier molecular flexibility index (Phi) is 2.96. The summed E-state index contributed by atoms with van der Waals surface area (Å²) in [5, 5.41) is 4.94. The summed E-state index contributed by atoms with van der Waals surface area (Å²) in [5.74, 6) is 2.45. The highest BCUT2D eigenvalue weighted by Gasteiger charge is 2.62. The van der Waals surface area contributed by atoms with Crippen molar-refractivity contribution in [1.29, 1.82) is 0 Å². The standard InChI is InChI=1S/C18H24N4O/c1-2-11-9-19-16-15(11)17(21-10-20-16)22-14-4-3-6-18-12(5-7-23-18)8-13(14)18/h9-10,12-14H,2-8H2,1H3,(H2,19,20,21,22). The van der Waals surface area contributed by atoms with Gasteiger partial charge in [0.2, 0.25) is 0 Å². The average Bonchev–Trinajstić information content (AvgIpc) is 3.09. The minimum absolute atomic E-state index is 0.188. The third-order valence-electron chi connectivity index (χ3n) is 6.52. The molecule has 0 radical (unpaired) electrons. The van der Waals surface area contributed by atoms with Crippen molar-refractivity contribution in [3.05, 3.63) is 18.1 Å². The van der Waals surface area contributed by atoms with Crippen LogP contribution in [0.1, 0.15) is 44.6 Å². The summed E-state index contributed by atoms with van der Waals surface area (Å²) in [7, 11) is 0. The minimum Gasteiger partial charge on any atom is -0.374 e. The smallest absolute Gasteiger partial charge is 0.143 e. The van der Waals surface area contributed by atoms with Gasteiger partial charge in [-0.25, -0.2) is 9.97 Å². The van der Waals surface area contributed by atoms with Crippen LogP contribution < -0.4 is 5.32 Å². The Morgan fingerprint density at radius 2 is 2.35 bits per heavy atom. The van der Waals surface area contributed by atoms with Crippen molar-refractivity contribution < 1.29 is 4.74 Å². The van der Waals surface area contributed by atoms with Gasteiger partial charge in [-0.2, -0.15) is 0 Å². The second kappa shape index (κ2) is 4.94. The maximum atomic E-state index is 6.25.